The first kappa shape index (κ1) is 17.7. The van der Waals surface area contributed by atoms with E-state index in [-0.39, 0.29) is 17.5 Å². The molecule has 0 fully saturated rings. The molecule has 0 amide bonds. The molecule has 1 atom stereocenters. The second-order valence-electron chi connectivity index (χ2n) is 6.28. The molecule has 0 aliphatic carbocycles. The standard InChI is InChI=1S/C20H21N3O3/c1-3-13(2)18-21-20(26)22-23(18)12-14-8-10-15(11-9-14)16-6-4-5-7-17(16)19(24)25/h4-11,13H,3,12H2,1-2H3,(H,22,26)(H,24,25). The van der Waals surface area contributed by atoms with Crippen LogP contribution in [0.25, 0.3) is 11.1 Å². The molecule has 1 heterocycles. The minimum absolute atomic E-state index is 0.199. The fourth-order valence-corrected chi connectivity index (χ4v) is 2.89. The van der Waals surface area contributed by atoms with Gasteiger partial charge in [-0.05, 0) is 29.2 Å². The van der Waals surface area contributed by atoms with Crippen LogP contribution >= 0.6 is 0 Å². The van der Waals surface area contributed by atoms with Gasteiger partial charge in [0.15, 0.2) is 0 Å². The second kappa shape index (κ2) is 7.39. The largest absolute Gasteiger partial charge is 0.478 e. The summed E-state index contributed by atoms with van der Waals surface area (Å²) in [7, 11) is 0. The number of carboxylic acid groups (broad SMARTS) is 1. The molecule has 0 aliphatic heterocycles. The molecule has 3 aromatic rings. The number of rotatable bonds is 6. The van der Waals surface area contributed by atoms with Crippen LogP contribution in [0.15, 0.2) is 48.5 Å². The first-order valence-corrected chi connectivity index (χ1v) is 8.55. The van der Waals surface area contributed by atoms with E-state index in [1.165, 1.54) is 0 Å². The van der Waals surface area contributed by atoms with E-state index in [1.54, 1.807) is 22.9 Å². The van der Waals surface area contributed by atoms with Gasteiger partial charge < -0.3 is 10.2 Å². The molecule has 6 heteroatoms. The highest BCUT2D eigenvalue weighted by Gasteiger charge is 2.15. The van der Waals surface area contributed by atoms with Gasteiger partial charge in [0.2, 0.25) is 0 Å². The highest BCUT2D eigenvalue weighted by Crippen LogP contribution is 2.25. The van der Waals surface area contributed by atoms with Crippen molar-refractivity contribution in [2.45, 2.75) is 32.7 Å². The molecule has 1 unspecified atom stereocenters. The first-order valence-electron chi connectivity index (χ1n) is 8.55. The summed E-state index contributed by atoms with van der Waals surface area (Å²) >= 11 is 0. The predicted molar refractivity (Wildman–Crippen MR) is 98.3 cm³/mol. The lowest BCUT2D eigenvalue weighted by molar-refractivity contribution is 0.0697. The summed E-state index contributed by atoms with van der Waals surface area (Å²) in [6, 6.07) is 14.4. The monoisotopic (exact) mass is 351 g/mol. The number of hydrogen-bond donors (Lipinski definition) is 2. The molecule has 0 bridgehead atoms. The third-order valence-electron chi connectivity index (χ3n) is 4.50. The van der Waals surface area contributed by atoms with E-state index in [0.717, 1.165) is 23.4 Å². The van der Waals surface area contributed by atoms with Crippen molar-refractivity contribution in [3.8, 4) is 17.1 Å². The van der Waals surface area contributed by atoms with Gasteiger partial charge in [0.05, 0.1) is 12.1 Å². The number of aromatic nitrogens is 3. The van der Waals surface area contributed by atoms with Crippen LogP contribution in [-0.2, 0) is 6.54 Å². The number of benzene rings is 2. The Balaban J connectivity index is 1.87. The van der Waals surface area contributed by atoms with Gasteiger partial charge >= 0.3 is 12.0 Å². The topological polar surface area (TPSA) is 88.2 Å². The van der Waals surface area contributed by atoms with E-state index in [0.29, 0.717) is 12.1 Å². The van der Waals surface area contributed by atoms with E-state index in [2.05, 4.69) is 17.0 Å². The number of carbonyl (C=O) groups is 1. The maximum Gasteiger partial charge on any atom is 0.336 e. The SMILES string of the molecule is CCC(C)c1nc(O)nn1Cc1ccc(-c2ccccc2C(=O)O)cc1. The van der Waals surface area contributed by atoms with E-state index in [1.807, 2.05) is 37.3 Å². The minimum atomic E-state index is -0.944. The van der Waals surface area contributed by atoms with Crippen LogP contribution in [0.2, 0.25) is 0 Å². The van der Waals surface area contributed by atoms with Crippen molar-refractivity contribution in [1.82, 2.24) is 14.8 Å². The maximum absolute atomic E-state index is 11.4. The third-order valence-corrected chi connectivity index (χ3v) is 4.50. The summed E-state index contributed by atoms with van der Waals surface area (Å²) in [6.45, 7) is 4.61. The Labute approximate surface area is 151 Å². The summed E-state index contributed by atoms with van der Waals surface area (Å²) in [6.07, 6.45) is 0.906. The van der Waals surface area contributed by atoms with Crippen LogP contribution in [0.5, 0.6) is 6.01 Å². The van der Waals surface area contributed by atoms with Gasteiger partial charge in [-0.1, -0.05) is 56.3 Å². The molecule has 0 aliphatic rings. The highest BCUT2D eigenvalue weighted by atomic mass is 16.4. The quantitative estimate of drug-likeness (QED) is 0.703. The summed E-state index contributed by atoms with van der Waals surface area (Å²) < 4.78 is 1.71. The lowest BCUT2D eigenvalue weighted by Gasteiger charge is -2.11. The Morgan fingerprint density at radius 2 is 1.85 bits per heavy atom. The van der Waals surface area contributed by atoms with Crippen LogP contribution in [0.1, 0.15) is 47.9 Å². The van der Waals surface area contributed by atoms with Crippen LogP contribution in [0.4, 0.5) is 0 Å². The third kappa shape index (κ3) is 3.59. The maximum atomic E-state index is 11.4. The van der Waals surface area contributed by atoms with Crippen molar-refractivity contribution in [2.75, 3.05) is 0 Å². The second-order valence-corrected chi connectivity index (χ2v) is 6.28. The lowest BCUT2D eigenvalue weighted by Crippen LogP contribution is -2.09. The molecular weight excluding hydrogens is 330 g/mol. The van der Waals surface area contributed by atoms with Crippen molar-refractivity contribution in [1.29, 1.82) is 0 Å². The molecule has 6 nitrogen and oxygen atoms in total. The van der Waals surface area contributed by atoms with Gasteiger partial charge in [-0.3, -0.25) is 0 Å². The van der Waals surface area contributed by atoms with Crippen LogP contribution in [0, 0.1) is 0 Å². The van der Waals surface area contributed by atoms with Gasteiger partial charge in [-0.2, -0.15) is 4.98 Å². The molecule has 0 saturated heterocycles. The Morgan fingerprint density at radius 3 is 2.50 bits per heavy atom. The Kier molecular flexibility index (Phi) is 5.02. The van der Waals surface area contributed by atoms with Gasteiger partial charge in [-0.25, -0.2) is 9.48 Å². The minimum Gasteiger partial charge on any atom is -0.478 e. The zero-order chi connectivity index (χ0) is 18.7. The Morgan fingerprint density at radius 1 is 1.15 bits per heavy atom. The van der Waals surface area contributed by atoms with E-state index < -0.39 is 5.97 Å². The average Bonchev–Trinajstić information content (AvgIpc) is 3.02. The number of aromatic carboxylic acids is 1. The lowest BCUT2D eigenvalue weighted by atomic mass is 9.99. The summed E-state index contributed by atoms with van der Waals surface area (Å²) in [5.74, 6) is 0.0105. The number of hydrogen-bond acceptors (Lipinski definition) is 4. The Bertz CT molecular complexity index is 916. The molecule has 2 aromatic carbocycles. The fraction of sp³-hybridized carbons (Fsp3) is 0.250. The van der Waals surface area contributed by atoms with E-state index >= 15 is 0 Å². The van der Waals surface area contributed by atoms with Gasteiger partial charge in [-0.15, -0.1) is 5.10 Å². The smallest absolute Gasteiger partial charge is 0.336 e. The summed E-state index contributed by atoms with van der Waals surface area (Å²) in [5.41, 5.74) is 2.80. The molecule has 0 saturated carbocycles. The average molecular weight is 351 g/mol. The van der Waals surface area contributed by atoms with Crippen molar-refractivity contribution in [3.05, 3.63) is 65.5 Å². The van der Waals surface area contributed by atoms with Crippen molar-refractivity contribution in [3.63, 3.8) is 0 Å². The zero-order valence-corrected chi connectivity index (χ0v) is 14.8. The molecule has 26 heavy (non-hydrogen) atoms. The molecule has 3 rings (SSSR count). The van der Waals surface area contributed by atoms with E-state index in [9.17, 15) is 15.0 Å². The van der Waals surface area contributed by atoms with Gasteiger partial charge in [0.1, 0.15) is 5.82 Å². The summed E-state index contributed by atoms with van der Waals surface area (Å²) in [5, 5.41) is 23.1. The zero-order valence-electron chi connectivity index (χ0n) is 14.8. The van der Waals surface area contributed by atoms with E-state index in [4.69, 9.17) is 0 Å². The molecule has 134 valence electrons. The highest BCUT2D eigenvalue weighted by molar-refractivity contribution is 5.95. The molecular formula is C20H21N3O3. The number of aromatic hydroxyl groups is 1. The predicted octanol–water partition coefficient (Wildman–Crippen LogP) is 3.91. The van der Waals surface area contributed by atoms with Gasteiger partial charge in [0, 0.05) is 5.92 Å². The summed E-state index contributed by atoms with van der Waals surface area (Å²) in [4.78, 5) is 15.5. The molecule has 2 N–H and O–H groups in total. The van der Waals surface area contributed by atoms with Crippen LogP contribution in [0.3, 0.4) is 0 Å². The normalized spacial score (nSPS) is 12.1. The molecule has 0 radical (unpaired) electrons. The Hall–Kier alpha value is -3.15. The van der Waals surface area contributed by atoms with Crippen molar-refractivity contribution in [2.24, 2.45) is 0 Å². The van der Waals surface area contributed by atoms with Crippen LogP contribution in [-0.4, -0.2) is 30.9 Å². The first-order chi connectivity index (χ1) is 12.5. The number of carboxylic acids is 1. The molecule has 0 spiro atoms. The number of nitrogens with zero attached hydrogens (tertiary/aromatic N) is 3. The van der Waals surface area contributed by atoms with Crippen LogP contribution < -0.4 is 0 Å². The van der Waals surface area contributed by atoms with Gasteiger partial charge in [0.25, 0.3) is 0 Å². The van der Waals surface area contributed by atoms with Crippen molar-refractivity contribution < 1.29 is 15.0 Å². The molecule has 1 aromatic heterocycles. The fourth-order valence-electron chi connectivity index (χ4n) is 2.89. The van der Waals surface area contributed by atoms with Crippen molar-refractivity contribution >= 4 is 5.97 Å².